The molecule has 0 heterocycles. The van der Waals surface area contributed by atoms with Crippen LogP contribution < -0.4 is 11.1 Å². The molecule has 8 nitrogen and oxygen atoms in total. The van der Waals surface area contributed by atoms with Crippen LogP contribution in [-0.4, -0.2) is 29.2 Å². The van der Waals surface area contributed by atoms with Gasteiger partial charge in [0, 0.05) is 31.8 Å². The largest absolute Gasteiger partial charge is 0.507 e. The lowest BCUT2D eigenvalue weighted by Gasteiger charge is -2.41. The summed E-state index contributed by atoms with van der Waals surface area (Å²) in [6, 6.07) is 33.0. The first-order valence-electron chi connectivity index (χ1n) is 14.7. The Morgan fingerprint density at radius 1 is 0.673 bits per heavy atom. The molecule has 1 atom stereocenters. The van der Waals surface area contributed by atoms with E-state index < -0.39 is 32.3 Å². The van der Waals surface area contributed by atoms with Crippen LogP contribution in [0.25, 0.3) is 10.8 Å². The summed E-state index contributed by atoms with van der Waals surface area (Å²) < 4.78 is 33.2. The predicted molar refractivity (Wildman–Crippen MR) is 194 cm³/mol. The molecule has 0 fully saturated rings. The lowest BCUT2D eigenvalue weighted by molar-refractivity contribution is -0.139. The van der Waals surface area contributed by atoms with Gasteiger partial charge in [-0.2, -0.15) is 8.42 Å². The number of anilines is 3. The number of phenolic OH excluding ortho intramolecular Hbond substituents is 1. The Morgan fingerprint density at radius 2 is 1.14 bits per heavy atom. The van der Waals surface area contributed by atoms with Gasteiger partial charge in [0.1, 0.15) is 16.6 Å². The zero-order valence-corrected chi connectivity index (χ0v) is 28.4. The fraction of sp³-hybridized carbons (Fsp3) is 0.0541. The number of nitrogens with one attached hydrogen (secondary N) is 1. The second kappa shape index (κ2) is 13.3. The van der Waals surface area contributed by atoms with E-state index in [9.17, 15) is 28.0 Å². The zero-order chi connectivity index (χ0) is 35.1. The van der Waals surface area contributed by atoms with Crippen LogP contribution in [0.2, 0.25) is 15.1 Å². The summed E-state index contributed by atoms with van der Waals surface area (Å²) >= 11 is 19.0. The molecule has 0 saturated heterocycles. The second-order valence-corrected chi connectivity index (χ2v) is 14.1. The van der Waals surface area contributed by atoms with Gasteiger partial charge in [-0.05, 0) is 100 Å². The number of phenols is 1. The third kappa shape index (κ3) is 6.51. The number of nitrogen functional groups attached to an aromatic ring is 1. The van der Waals surface area contributed by atoms with Crippen LogP contribution in [-0.2, 0) is 20.3 Å². The van der Waals surface area contributed by atoms with Crippen LogP contribution >= 0.6 is 34.8 Å². The first kappa shape index (κ1) is 34.1. The first-order valence-corrected chi connectivity index (χ1v) is 17.3. The number of carboxylic acid groups (broad SMARTS) is 1. The molecule has 0 aliphatic rings. The minimum Gasteiger partial charge on any atom is -0.507 e. The predicted octanol–water partition coefficient (Wildman–Crippen LogP) is 9.28. The average molecular weight is 734 g/mol. The molecule has 0 aliphatic carbocycles. The lowest BCUT2D eigenvalue weighted by atomic mass is 9.59. The van der Waals surface area contributed by atoms with Crippen molar-refractivity contribution in [3.63, 3.8) is 0 Å². The maximum absolute atomic E-state index is 13.8. The number of hydrogen-bond acceptors (Lipinski definition) is 6. The van der Waals surface area contributed by atoms with Crippen molar-refractivity contribution in [2.45, 2.75) is 16.2 Å². The number of halogens is 3. The molecular formula is C37H27Cl3N2O6S. The smallest absolute Gasteiger partial charge is 0.312 e. The third-order valence-electron chi connectivity index (χ3n) is 8.50. The van der Waals surface area contributed by atoms with Crippen LogP contribution in [0.4, 0.5) is 17.1 Å². The number of aliphatic carboxylic acids is 1. The topological polar surface area (TPSA) is 150 Å². The Bertz CT molecular complexity index is 2200. The summed E-state index contributed by atoms with van der Waals surface area (Å²) in [5.41, 5.74) is 7.28. The number of rotatable bonds is 9. The summed E-state index contributed by atoms with van der Waals surface area (Å²) in [5.74, 6) is -2.54. The molecule has 0 amide bonds. The maximum atomic E-state index is 13.8. The Balaban J connectivity index is 1.61. The minimum atomic E-state index is -4.59. The van der Waals surface area contributed by atoms with Crippen LogP contribution in [0, 0.1) is 0 Å². The molecule has 6 aromatic carbocycles. The molecule has 1 unspecified atom stereocenters. The van der Waals surface area contributed by atoms with E-state index in [1.54, 1.807) is 97.1 Å². The monoisotopic (exact) mass is 732 g/mol. The van der Waals surface area contributed by atoms with E-state index >= 15 is 0 Å². The Morgan fingerprint density at radius 3 is 1.61 bits per heavy atom. The van der Waals surface area contributed by atoms with Crippen molar-refractivity contribution in [2.75, 3.05) is 11.1 Å². The van der Waals surface area contributed by atoms with Crippen molar-refractivity contribution >= 4 is 78.7 Å². The molecule has 6 aromatic rings. The molecule has 0 aromatic heterocycles. The van der Waals surface area contributed by atoms with Crippen LogP contribution in [0.15, 0.2) is 126 Å². The normalized spacial score (nSPS) is 12.5. The molecule has 0 saturated carbocycles. The molecule has 12 heteroatoms. The molecule has 0 spiro atoms. The number of carbonyl (C=O) groups is 1. The first-order chi connectivity index (χ1) is 23.3. The minimum absolute atomic E-state index is 0.113. The number of carboxylic acids is 1. The van der Waals surface area contributed by atoms with Gasteiger partial charge in [0.15, 0.2) is 0 Å². The van der Waals surface area contributed by atoms with Crippen molar-refractivity contribution in [2.24, 2.45) is 0 Å². The van der Waals surface area contributed by atoms with Crippen molar-refractivity contribution in [1.82, 2.24) is 0 Å². The van der Waals surface area contributed by atoms with Gasteiger partial charge >= 0.3 is 5.97 Å². The highest BCUT2D eigenvalue weighted by Gasteiger charge is 2.49. The highest BCUT2D eigenvalue weighted by molar-refractivity contribution is 7.86. The van der Waals surface area contributed by atoms with Crippen molar-refractivity contribution in [1.29, 1.82) is 0 Å². The maximum Gasteiger partial charge on any atom is 0.312 e. The van der Waals surface area contributed by atoms with Crippen molar-refractivity contribution in [3.05, 3.63) is 159 Å². The highest BCUT2D eigenvalue weighted by Crippen LogP contribution is 2.52. The van der Waals surface area contributed by atoms with E-state index in [2.05, 4.69) is 5.32 Å². The summed E-state index contributed by atoms with van der Waals surface area (Å²) in [7, 11) is -4.59. The molecule has 0 bridgehead atoms. The molecule has 49 heavy (non-hydrogen) atoms. The molecule has 0 aliphatic heterocycles. The van der Waals surface area contributed by atoms with Gasteiger partial charge < -0.3 is 21.3 Å². The third-order valence-corrected chi connectivity index (χ3v) is 10.2. The Hall–Kier alpha value is -4.77. The average Bonchev–Trinajstić information content (AvgIpc) is 3.06. The fourth-order valence-electron chi connectivity index (χ4n) is 6.38. The van der Waals surface area contributed by atoms with Crippen LogP contribution in [0.3, 0.4) is 0 Å². The SMILES string of the molecule is Nc1ccc(Nc2ccc3c(C(C(=O)O)C(c4ccc(Cl)cc4)(c4ccc(Cl)cc4)c4ccc(Cl)cc4)ccc(O)c3c2)cc1S(=O)(=O)O. The van der Waals surface area contributed by atoms with Gasteiger partial charge in [-0.25, -0.2) is 0 Å². The molecule has 6 rings (SSSR count). The standard InChI is InChI=1S/C37H27Cl3N2O6S/c38-24-7-1-21(2-8-24)37(22-3-9-25(39)10-4-22,23-5-11-26(40)12-6-23)35(36(44)45)30-16-18-33(43)31-19-27(13-15-29(30)31)42-28-14-17-32(41)34(20-28)49(46,47)48/h1-20,35,42-43H,41H2,(H,44,45)(H,46,47,48). The number of fused-ring (bicyclic) bond motifs is 1. The van der Waals surface area contributed by atoms with E-state index in [0.717, 1.165) is 0 Å². The van der Waals surface area contributed by atoms with Gasteiger partial charge in [-0.3, -0.25) is 9.35 Å². The quantitative estimate of drug-likeness (QED) is 0.0561. The molecule has 0 radical (unpaired) electrons. The molecule has 6 N–H and O–H groups in total. The van der Waals surface area contributed by atoms with E-state index in [1.807, 2.05) is 0 Å². The van der Waals surface area contributed by atoms with Gasteiger partial charge in [0.05, 0.1) is 11.1 Å². The zero-order valence-electron chi connectivity index (χ0n) is 25.3. The molecule has 248 valence electrons. The van der Waals surface area contributed by atoms with Gasteiger partial charge in [0.25, 0.3) is 10.1 Å². The summed E-state index contributed by atoms with van der Waals surface area (Å²) in [6.45, 7) is 0. The molecular weight excluding hydrogens is 707 g/mol. The highest BCUT2D eigenvalue weighted by atomic mass is 35.5. The number of aromatic hydroxyl groups is 1. The summed E-state index contributed by atoms with van der Waals surface area (Å²) in [4.78, 5) is 13.3. The van der Waals surface area contributed by atoms with Gasteiger partial charge in [-0.1, -0.05) is 83.3 Å². The Labute approximate surface area is 297 Å². The van der Waals surface area contributed by atoms with E-state index in [1.165, 1.54) is 24.3 Å². The van der Waals surface area contributed by atoms with Gasteiger partial charge in [0.2, 0.25) is 0 Å². The summed E-state index contributed by atoms with van der Waals surface area (Å²) in [5, 5.41) is 27.6. The number of hydrogen-bond donors (Lipinski definition) is 5. The number of benzene rings is 6. The van der Waals surface area contributed by atoms with E-state index in [0.29, 0.717) is 59.5 Å². The van der Waals surface area contributed by atoms with Crippen LogP contribution in [0.1, 0.15) is 28.2 Å². The van der Waals surface area contributed by atoms with Crippen molar-refractivity contribution in [3.8, 4) is 5.75 Å². The Kier molecular flexibility index (Phi) is 9.23. The second-order valence-electron chi connectivity index (χ2n) is 11.4. The lowest BCUT2D eigenvalue weighted by Crippen LogP contribution is -2.40. The van der Waals surface area contributed by atoms with Crippen LogP contribution in [0.5, 0.6) is 5.75 Å². The fourth-order valence-corrected chi connectivity index (χ4v) is 7.40. The van der Waals surface area contributed by atoms with Crippen molar-refractivity contribution < 1.29 is 28.0 Å². The number of nitrogens with two attached hydrogens (primary N) is 1. The van der Waals surface area contributed by atoms with E-state index in [-0.39, 0.29) is 11.4 Å². The van der Waals surface area contributed by atoms with E-state index in [4.69, 9.17) is 40.5 Å². The van der Waals surface area contributed by atoms with Gasteiger partial charge in [-0.15, -0.1) is 0 Å². The summed E-state index contributed by atoms with van der Waals surface area (Å²) in [6.07, 6.45) is 0.